The summed E-state index contributed by atoms with van der Waals surface area (Å²) in [6, 6.07) is 8.53. The molecule has 0 amide bonds. The van der Waals surface area contributed by atoms with Crippen molar-refractivity contribution in [3.8, 4) is 0 Å². The lowest BCUT2D eigenvalue weighted by molar-refractivity contribution is -0.150. The monoisotopic (exact) mass is 593 g/mol. The van der Waals surface area contributed by atoms with E-state index in [1.807, 2.05) is 30.3 Å². The van der Waals surface area contributed by atoms with Gasteiger partial charge in [-0.3, -0.25) is 9.59 Å². The van der Waals surface area contributed by atoms with E-state index in [4.69, 9.17) is 24.7 Å². The van der Waals surface area contributed by atoms with Crippen LogP contribution in [-0.2, 0) is 63.6 Å². The van der Waals surface area contributed by atoms with Crippen LogP contribution in [0, 0.1) is 0 Å². The highest BCUT2D eigenvalue weighted by atomic mass is 16.6. The first-order valence-corrected chi connectivity index (χ1v) is 11.8. The molecular weight excluding hydrogens is 554 g/mol. The largest absolute Gasteiger partial charge is 0.466 e. The Morgan fingerprint density at radius 2 is 1.33 bits per heavy atom. The van der Waals surface area contributed by atoms with Gasteiger partial charge in [0.15, 0.2) is 0 Å². The zero-order chi connectivity index (χ0) is 29.9. The normalized spacial score (nSPS) is 12.5. The van der Waals surface area contributed by atoms with Crippen molar-refractivity contribution in [2.45, 2.75) is 40.7 Å². The highest BCUT2D eigenvalue weighted by Crippen LogP contribution is 2.19. The summed E-state index contributed by atoms with van der Waals surface area (Å²) in [6.45, 7) is 1.35. The number of hydrogen-bond acceptors (Lipinski definition) is 13. The van der Waals surface area contributed by atoms with Crippen LogP contribution in [-0.4, -0.2) is 75.9 Å². The van der Waals surface area contributed by atoms with Crippen LogP contribution < -0.4 is 5.73 Å². The molecule has 1 aromatic carbocycles. The van der Waals surface area contributed by atoms with Gasteiger partial charge in [-0.1, -0.05) is 45.2 Å². The molecule has 42 heavy (non-hydrogen) atoms. The number of cyclic esters (lactones) is 1. The molecule has 13 nitrogen and oxygen atoms in total. The second-order valence-corrected chi connectivity index (χ2v) is 7.81. The highest BCUT2D eigenvalue weighted by Gasteiger charge is 2.21. The van der Waals surface area contributed by atoms with Crippen molar-refractivity contribution in [2.75, 3.05) is 34.0 Å². The number of hydrogen-bond donors (Lipinski definition) is 1. The molecule has 232 valence electrons. The van der Waals surface area contributed by atoms with Gasteiger partial charge >= 0.3 is 35.8 Å². The minimum Gasteiger partial charge on any atom is -0.466 e. The lowest BCUT2D eigenvalue weighted by atomic mass is 10.1. The Morgan fingerprint density at radius 1 is 0.833 bits per heavy atom. The van der Waals surface area contributed by atoms with Crippen LogP contribution in [0.25, 0.3) is 0 Å². The van der Waals surface area contributed by atoms with Gasteiger partial charge in [0, 0.05) is 24.3 Å². The van der Waals surface area contributed by atoms with Crippen LogP contribution in [0.3, 0.4) is 0 Å². The van der Waals surface area contributed by atoms with Crippen LogP contribution in [0.2, 0.25) is 0 Å². The number of benzene rings is 1. The molecule has 0 saturated carbocycles. The third-order valence-electron chi connectivity index (χ3n) is 4.75. The molecule has 0 spiro atoms. The van der Waals surface area contributed by atoms with Crippen LogP contribution in [0.5, 0.6) is 0 Å². The van der Waals surface area contributed by atoms with E-state index in [1.165, 1.54) is 14.2 Å². The average molecular weight is 594 g/mol. The van der Waals surface area contributed by atoms with Gasteiger partial charge < -0.3 is 34.2 Å². The molecule has 0 fully saturated rings. The number of esters is 6. The molecule has 1 aliphatic rings. The fourth-order valence-corrected chi connectivity index (χ4v) is 2.71. The summed E-state index contributed by atoms with van der Waals surface area (Å²) in [5.41, 5.74) is 7.41. The fourth-order valence-electron chi connectivity index (χ4n) is 2.71. The Bertz CT molecular complexity index is 1140. The molecule has 1 unspecified atom stereocenters. The van der Waals surface area contributed by atoms with Crippen molar-refractivity contribution < 1.29 is 57.2 Å². The first-order valence-electron chi connectivity index (χ1n) is 11.8. The zero-order valence-corrected chi connectivity index (χ0v) is 22.3. The second-order valence-electron chi connectivity index (χ2n) is 7.81. The van der Waals surface area contributed by atoms with E-state index in [1.54, 1.807) is 6.92 Å². The maximum atomic E-state index is 11.7. The van der Waals surface area contributed by atoms with E-state index < -0.39 is 35.9 Å². The Morgan fingerprint density at radius 3 is 1.83 bits per heavy atom. The van der Waals surface area contributed by atoms with Crippen molar-refractivity contribution in [1.29, 1.82) is 0 Å². The standard InChI is InChI=1S/C16H19NO6.C11H12O6.2CH4/c1-21-14(18)7-8-15(19)22-9-10-23-16(20)13(17)11-12-5-3-2-4-6-12;1-7-5-11(14)17-8(7)6-16-10(13)4-3-9(12)15-2;;/h2-8,13H,9-11,17H2,1H3;3-4H,5-6H2,1-2H3;2*1H4/b8-7+;4-3+;;. The Hall–Kier alpha value is -4.78. The lowest BCUT2D eigenvalue weighted by Crippen LogP contribution is -2.35. The predicted molar refractivity (Wildman–Crippen MR) is 150 cm³/mol. The first kappa shape index (κ1) is 39.4. The van der Waals surface area contributed by atoms with E-state index >= 15 is 0 Å². The minimum absolute atomic E-state index is 0. The maximum absolute atomic E-state index is 11.7. The molecule has 2 N–H and O–H groups in total. The van der Waals surface area contributed by atoms with Crippen molar-refractivity contribution in [3.05, 3.63) is 71.5 Å². The third kappa shape index (κ3) is 17.0. The topological polar surface area (TPSA) is 184 Å². The number of carbonyl (C=O) groups is 6. The van der Waals surface area contributed by atoms with Gasteiger partial charge in [0.1, 0.15) is 31.6 Å². The van der Waals surface area contributed by atoms with Gasteiger partial charge in [-0.25, -0.2) is 19.2 Å². The number of methoxy groups -OCH3 is 2. The average Bonchev–Trinajstić information content (AvgIpc) is 3.28. The molecule has 1 aromatic rings. The second kappa shape index (κ2) is 22.0. The van der Waals surface area contributed by atoms with E-state index in [0.717, 1.165) is 35.4 Å². The Balaban J connectivity index is 0. The predicted octanol–water partition coefficient (Wildman–Crippen LogP) is 2.12. The number of nitrogens with two attached hydrogens (primary N) is 1. The third-order valence-corrected chi connectivity index (χ3v) is 4.75. The van der Waals surface area contributed by atoms with Crippen molar-refractivity contribution in [3.63, 3.8) is 0 Å². The Labute approximate surface area is 245 Å². The summed E-state index contributed by atoms with van der Waals surface area (Å²) in [5, 5.41) is 0. The summed E-state index contributed by atoms with van der Waals surface area (Å²) >= 11 is 0. The van der Waals surface area contributed by atoms with Crippen LogP contribution in [0.4, 0.5) is 0 Å². The van der Waals surface area contributed by atoms with Gasteiger partial charge in [-0.15, -0.1) is 0 Å². The minimum atomic E-state index is -0.785. The zero-order valence-electron chi connectivity index (χ0n) is 22.3. The van der Waals surface area contributed by atoms with Gasteiger partial charge in [-0.2, -0.15) is 0 Å². The lowest BCUT2D eigenvalue weighted by Gasteiger charge is -2.11. The smallest absolute Gasteiger partial charge is 0.331 e. The van der Waals surface area contributed by atoms with Gasteiger partial charge in [-0.05, 0) is 24.5 Å². The summed E-state index contributed by atoms with van der Waals surface area (Å²) < 4.78 is 27.9. The van der Waals surface area contributed by atoms with Gasteiger partial charge in [0.2, 0.25) is 0 Å². The maximum Gasteiger partial charge on any atom is 0.331 e. The van der Waals surface area contributed by atoms with Crippen molar-refractivity contribution in [2.24, 2.45) is 5.73 Å². The molecule has 1 atom stereocenters. The van der Waals surface area contributed by atoms with E-state index in [-0.39, 0.29) is 47.1 Å². The molecule has 0 aliphatic carbocycles. The number of ether oxygens (including phenoxy) is 6. The van der Waals surface area contributed by atoms with Crippen LogP contribution >= 0.6 is 0 Å². The SMILES string of the molecule is C.C.COC(=O)/C=C/C(=O)OCC1=C(C)CC(=O)O1.COC(=O)/C=C/C(=O)OCCOC(=O)C(N)Cc1ccccc1. The molecule has 13 heteroatoms. The molecule has 1 heterocycles. The van der Waals surface area contributed by atoms with E-state index in [2.05, 4.69) is 9.47 Å². The Kier molecular flexibility index (Phi) is 20.6. The van der Waals surface area contributed by atoms with Crippen molar-refractivity contribution >= 4 is 35.8 Å². The molecule has 2 rings (SSSR count). The summed E-state index contributed by atoms with van der Waals surface area (Å²) in [6.07, 6.45) is 4.33. The molecule has 1 aliphatic heterocycles. The van der Waals surface area contributed by atoms with Crippen LogP contribution in [0.15, 0.2) is 66.0 Å². The molecule has 0 aromatic heterocycles. The fraction of sp³-hybridized carbons (Fsp3) is 0.379. The number of carbonyl (C=O) groups excluding carboxylic acids is 6. The quantitative estimate of drug-likeness (QED) is 0.161. The summed E-state index contributed by atoms with van der Waals surface area (Å²) in [4.78, 5) is 66.3. The molecular formula is C29H39NO12. The van der Waals surface area contributed by atoms with Crippen LogP contribution in [0.1, 0.15) is 33.8 Å². The molecule has 0 saturated heterocycles. The van der Waals surface area contributed by atoms with Crippen molar-refractivity contribution in [1.82, 2.24) is 0 Å². The summed E-state index contributed by atoms with van der Waals surface area (Å²) in [7, 11) is 2.39. The van der Waals surface area contributed by atoms with Gasteiger partial charge in [0.25, 0.3) is 0 Å². The summed E-state index contributed by atoms with van der Waals surface area (Å²) in [5.74, 6) is -3.35. The first-order chi connectivity index (χ1) is 19.0. The molecule has 0 radical (unpaired) electrons. The highest BCUT2D eigenvalue weighted by molar-refractivity contribution is 5.92. The van der Waals surface area contributed by atoms with Gasteiger partial charge in [0.05, 0.1) is 20.6 Å². The molecule has 0 bridgehead atoms. The van der Waals surface area contributed by atoms with E-state index in [9.17, 15) is 28.8 Å². The van der Waals surface area contributed by atoms with E-state index in [0.29, 0.717) is 12.2 Å². The number of rotatable bonds is 12.